The van der Waals surface area contributed by atoms with E-state index in [1.54, 1.807) is 18.2 Å². The number of halogens is 2. The number of rotatable bonds is 11. The van der Waals surface area contributed by atoms with Crippen molar-refractivity contribution in [3.05, 3.63) is 99.3 Å². The van der Waals surface area contributed by atoms with Crippen LogP contribution < -0.4 is 20.1 Å². The molecule has 0 aliphatic carbocycles. The first kappa shape index (κ1) is 33.1. The first-order valence-corrected chi connectivity index (χ1v) is 17.9. The van der Waals surface area contributed by atoms with Crippen LogP contribution in [0.3, 0.4) is 0 Å². The minimum absolute atomic E-state index is 0.285. The number of carbonyl (C=O) groups is 2. The molecule has 1 aromatic heterocycles. The number of hydrogen-bond acceptors (Lipinski definition) is 7. The molecule has 1 fully saturated rings. The number of nitrogens with one attached hydrogen (secondary N) is 3. The van der Waals surface area contributed by atoms with Crippen molar-refractivity contribution in [2.45, 2.75) is 24.7 Å². The molecule has 0 saturated carbocycles. The number of thiophene rings is 1. The fourth-order valence-corrected chi connectivity index (χ4v) is 7.57. The first-order chi connectivity index (χ1) is 21.6. The summed E-state index contributed by atoms with van der Waals surface area (Å²) in [6.45, 7) is 1.98. The highest BCUT2D eigenvalue weighted by Gasteiger charge is 2.42. The van der Waals surface area contributed by atoms with Gasteiger partial charge < -0.3 is 10.1 Å². The van der Waals surface area contributed by atoms with Gasteiger partial charge in [0.1, 0.15) is 5.75 Å². The van der Waals surface area contributed by atoms with Crippen LogP contribution in [0.4, 0.5) is 0 Å². The summed E-state index contributed by atoms with van der Waals surface area (Å²) in [6, 6.07) is 24.0. The molecule has 236 valence electrons. The Bertz CT molecular complexity index is 1770. The lowest BCUT2D eigenvalue weighted by molar-refractivity contribution is -0.126. The van der Waals surface area contributed by atoms with Crippen LogP contribution in [-0.4, -0.2) is 52.7 Å². The van der Waals surface area contributed by atoms with Crippen molar-refractivity contribution in [2.24, 2.45) is 0 Å². The van der Waals surface area contributed by atoms with Crippen molar-refractivity contribution < 1.29 is 22.7 Å². The average Bonchev–Trinajstić information content (AvgIpc) is 3.47. The van der Waals surface area contributed by atoms with E-state index in [0.717, 1.165) is 27.8 Å². The van der Waals surface area contributed by atoms with Crippen molar-refractivity contribution in [2.75, 3.05) is 32.5 Å². The molecule has 1 saturated heterocycles. The summed E-state index contributed by atoms with van der Waals surface area (Å²) >= 11 is 14.1. The third kappa shape index (κ3) is 8.13. The quantitative estimate of drug-likeness (QED) is 0.126. The summed E-state index contributed by atoms with van der Waals surface area (Å²) in [4.78, 5) is 28.6. The number of imide groups is 1. The normalized spacial score (nSPS) is 14.6. The molecule has 45 heavy (non-hydrogen) atoms. The molecule has 0 radical (unpaired) electrons. The summed E-state index contributed by atoms with van der Waals surface area (Å²) in [6.07, 6.45) is 2.79. The summed E-state index contributed by atoms with van der Waals surface area (Å²) in [5.74, 6) is -0.162. The van der Waals surface area contributed by atoms with E-state index in [4.69, 9.17) is 27.9 Å². The monoisotopic (exact) mass is 685 g/mol. The Balaban J connectivity index is 1.40. The summed E-state index contributed by atoms with van der Waals surface area (Å²) in [5.41, 5.74) is 2.39. The molecule has 0 bridgehead atoms. The van der Waals surface area contributed by atoms with Crippen LogP contribution in [-0.2, 0) is 20.2 Å². The smallest absolute Gasteiger partial charge is 0.267 e. The molecule has 1 aliphatic rings. The van der Waals surface area contributed by atoms with Gasteiger partial charge in [-0.3, -0.25) is 14.9 Å². The number of piperidine rings is 1. The maximum atomic E-state index is 13.8. The van der Waals surface area contributed by atoms with E-state index in [2.05, 4.69) is 15.4 Å². The van der Waals surface area contributed by atoms with E-state index in [0.29, 0.717) is 65.2 Å². The van der Waals surface area contributed by atoms with Gasteiger partial charge in [-0.05, 0) is 73.8 Å². The number of ether oxygens (including phenoxy) is 1. The number of carbonyl (C=O) groups excluding carboxylic acids is 2. The van der Waals surface area contributed by atoms with Crippen LogP contribution in [0.15, 0.2) is 78.9 Å². The van der Waals surface area contributed by atoms with Gasteiger partial charge in [0.05, 0.1) is 28.2 Å². The van der Waals surface area contributed by atoms with E-state index in [-0.39, 0.29) is 12.5 Å². The Labute approximate surface area is 277 Å². The van der Waals surface area contributed by atoms with Crippen LogP contribution in [0, 0.1) is 0 Å². The molecular formula is C33H33Cl2N3O5S2. The zero-order valence-corrected chi connectivity index (χ0v) is 27.7. The van der Waals surface area contributed by atoms with E-state index < -0.39 is 21.3 Å². The van der Waals surface area contributed by atoms with Gasteiger partial charge in [0, 0.05) is 27.6 Å². The van der Waals surface area contributed by atoms with Gasteiger partial charge in [-0.1, -0.05) is 71.7 Å². The van der Waals surface area contributed by atoms with Crippen molar-refractivity contribution in [3.63, 3.8) is 0 Å². The Kier molecular flexibility index (Phi) is 10.6. The second-order valence-electron chi connectivity index (χ2n) is 10.9. The minimum atomic E-state index is -3.24. The number of sulfonamides is 1. The number of benzene rings is 3. The maximum absolute atomic E-state index is 13.8. The van der Waals surface area contributed by atoms with Gasteiger partial charge >= 0.3 is 0 Å². The fraction of sp³-hybridized carbons (Fsp3) is 0.273. The molecule has 2 heterocycles. The van der Waals surface area contributed by atoms with Crippen LogP contribution in [0.5, 0.6) is 5.75 Å². The van der Waals surface area contributed by atoms with E-state index in [9.17, 15) is 18.0 Å². The Hall–Kier alpha value is -3.25. The second kappa shape index (κ2) is 14.5. The molecule has 0 spiro atoms. The lowest BCUT2D eigenvalue weighted by Gasteiger charge is -2.36. The molecule has 1 aliphatic heterocycles. The third-order valence-electron chi connectivity index (χ3n) is 7.70. The highest BCUT2D eigenvalue weighted by atomic mass is 35.5. The topological polar surface area (TPSA) is 114 Å². The molecule has 3 aromatic carbocycles. The Morgan fingerprint density at radius 3 is 2.33 bits per heavy atom. The largest absolute Gasteiger partial charge is 0.494 e. The lowest BCUT2D eigenvalue weighted by atomic mass is 9.72. The molecule has 5 rings (SSSR count). The molecule has 8 nitrogen and oxygen atoms in total. The van der Waals surface area contributed by atoms with Crippen molar-refractivity contribution in [3.8, 4) is 27.3 Å². The SMILES string of the molecule is CS(=O)(=O)NCCCOc1ccc(-c2cc(C(=O)NC(=O)C3(c4ccccc4)CCNCC3)sc2-c2ccc(Cl)cc2Cl)cc1. The van der Waals surface area contributed by atoms with Gasteiger partial charge in [-0.15, -0.1) is 11.3 Å². The summed E-state index contributed by atoms with van der Waals surface area (Å²) in [7, 11) is -3.24. The van der Waals surface area contributed by atoms with E-state index in [1.807, 2.05) is 60.7 Å². The van der Waals surface area contributed by atoms with Gasteiger partial charge in [0.25, 0.3) is 5.91 Å². The minimum Gasteiger partial charge on any atom is -0.494 e. The molecule has 2 amide bonds. The van der Waals surface area contributed by atoms with Gasteiger partial charge in [-0.2, -0.15) is 0 Å². The summed E-state index contributed by atoms with van der Waals surface area (Å²) in [5, 5.41) is 6.96. The Morgan fingerprint density at radius 2 is 1.67 bits per heavy atom. The number of hydrogen-bond donors (Lipinski definition) is 3. The highest BCUT2D eigenvalue weighted by molar-refractivity contribution is 7.88. The molecule has 3 N–H and O–H groups in total. The van der Waals surface area contributed by atoms with E-state index >= 15 is 0 Å². The third-order valence-corrected chi connectivity index (χ3v) is 10.1. The van der Waals surface area contributed by atoms with Crippen LogP contribution in [0.2, 0.25) is 10.0 Å². The predicted molar refractivity (Wildman–Crippen MR) is 181 cm³/mol. The molecule has 0 atom stereocenters. The first-order valence-electron chi connectivity index (χ1n) is 14.4. The zero-order chi connectivity index (χ0) is 32.0. The predicted octanol–water partition coefficient (Wildman–Crippen LogP) is 6.28. The van der Waals surface area contributed by atoms with Crippen molar-refractivity contribution in [1.82, 2.24) is 15.4 Å². The van der Waals surface area contributed by atoms with Crippen LogP contribution in [0.25, 0.3) is 21.6 Å². The molecule has 12 heteroatoms. The second-order valence-corrected chi connectivity index (χ2v) is 14.6. The molecule has 4 aromatic rings. The zero-order valence-electron chi connectivity index (χ0n) is 24.6. The lowest BCUT2D eigenvalue weighted by Crippen LogP contribution is -2.52. The Morgan fingerprint density at radius 1 is 0.956 bits per heavy atom. The van der Waals surface area contributed by atoms with Gasteiger partial charge in [0.2, 0.25) is 15.9 Å². The fourth-order valence-electron chi connectivity index (χ4n) is 5.38. The van der Waals surface area contributed by atoms with Gasteiger partial charge in [-0.25, -0.2) is 13.1 Å². The molecular weight excluding hydrogens is 653 g/mol. The van der Waals surface area contributed by atoms with Crippen LogP contribution >= 0.6 is 34.5 Å². The number of amides is 2. The van der Waals surface area contributed by atoms with E-state index in [1.165, 1.54) is 11.3 Å². The van der Waals surface area contributed by atoms with Crippen molar-refractivity contribution in [1.29, 1.82) is 0 Å². The average molecular weight is 687 g/mol. The van der Waals surface area contributed by atoms with Gasteiger partial charge in [0.15, 0.2) is 0 Å². The highest BCUT2D eigenvalue weighted by Crippen LogP contribution is 2.43. The van der Waals surface area contributed by atoms with Crippen LogP contribution in [0.1, 0.15) is 34.5 Å². The maximum Gasteiger partial charge on any atom is 0.267 e. The standard InChI is InChI=1S/C33H33Cl2N3O5S2/c1-45(41,42)37-16-5-19-43-25-11-8-22(9-12-25)27-21-29(44-30(27)26-13-10-24(34)20-28(26)35)31(39)38-32(40)33(14-17-36-18-15-33)23-6-3-2-4-7-23/h2-4,6-13,20-21,36-37H,5,14-19H2,1H3,(H,38,39,40). The summed E-state index contributed by atoms with van der Waals surface area (Å²) < 4.78 is 30.7. The molecule has 0 unspecified atom stereocenters. The van der Waals surface area contributed by atoms with Crippen molar-refractivity contribution >= 4 is 56.4 Å².